The van der Waals surface area contributed by atoms with Crippen LogP contribution in [-0.2, 0) is 11.3 Å². The summed E-state index contributed by atoms with van der Waals surface area (Å²) in [5.41, 5.74) is 3.37. The first-order valence-corrected chi connectivity index (χ1v) is 6.27. The highest BCUT2D eigenvalue weighted by molar-refractivity contribution is 7.10. The van der Waals surface area contributed by atoms with Crippen molar-refractivity contribution in [1.82, 2.24) is 19.8 Å². The summed E-state index contributed by atoms with van der Waals surface area (Å²) in [6, 6.07) is -0.0627. The number of hydrogen-bond acceptors (Lipinski definition) is 7. The average molecular weight is 256 g/mol. The van der Waals surface area contributed by atoms with E-state index in [0.29, 0.717) is 6.54 Å². The van der Waals surface area contributed by atoms with Crippen molar-refractivity contribution in [1.29, 1.82) is 0 Å². The topological polar surface area (TPSA) is 96.2 Å². The number of carbonyl (C=O) groups excluding carboxylic acids is 1. The van der Waals surface area contributed by atoms with Crippen molar-refractivity contribution in [3.63, 3.8) is 0 Å². The van der Waals surface area contributed by atoms with Gasteiger partial charge in [0.2, 0.25) is 5.91 Å². The fraction of sp³-hybridized carbons (Fsp3) is 0.667. The standard InChI is InChI=1S/C9H16N6OS/c1-11-8(16)7-3-2-4-15(7)5-6-9(12-10)17-14-13-6/h7,12H,2-5,10H2,1H3,(H,11,16). The molecule has 0 bridgehead atoms. The summed E-state index contributed by atoms with van der Waals surface area (Å²) in [6.45, 7) is 1.51. The molecular weight excluding hydrogens is 240 g/mol. The number of anilines is 1. The van der Waals surface area contributed by atoms with Crippen molar-refractivity contribution in [3.05, 3.63) is 5.69 Å². The first-order valence-electron chi connectivity index (χ1n) is 5.49. The Kier molecular flexibility index (Phi) is 3.87. The van der Waals surface area contributed by atoms with Crippen LogP contribution in [-0.4, -0.2) is 40.0 Å². The zero-order valence-corrected chi connectivity index (χ0v) is 10.5. The Morgan fingerprint density at radius 2 is 2.53 bits per heavy atom. The van der Waals surface area contributed by atoms with E-state index in [1.165, 1.54) is 11.5 Å². The molecule has 1 atom stereocenters. The van der Waals surface area contributed by atoms with Crippen LogP contribution in [0.15, 0.2) is 0 Å². The monoisotopic (exact) mass is 256 g/mol. The van der Waals surface area contributed by atoms with Gasteiger partial charge in [0.05, 0.1) is 6.04 Å². The number of amides is 1. The molecule has 1 aromatic rings. The van der Waals surface area contributed by atoms with Gasteiger partial charge in [-0.1, -0.05) is 4.49 Å². The van der Waals surface area contributed by atoms with Crippen molar-refractivity contribution in [2.45, 2.75) is 25.4 Å². The van der Waals surface area contributed by atoms with Crippen LogP contribution in [0.5, 0.6) is 0 Å². The predicted octanol–water partition coefficient (Wildman–Crippen LogP) is -0.466. The van der Waals surface area contributed by atoms with Crippen LogP contribution >= 0.6 is 11.5 Å². The molecule has 1 fully saturated rings. The third-order valence-electron chi connectivity index (χ3n) is 2.95. The fourth-order valence-electron chi connectivity index (χ4n) is 2.09. The number of nitrogens with zero attached hydrogens (tertiary/aromatic N) is 3. The maximum absolute atomic E-state index is 11.7. The van der Waals surface area contributed by atoms with Gasteiger partial charge in [0.15, 0.2) is 0 Å². The van der Waals surface area contributed by atoms with Gasteiger partial charge in [0.25, 0.3) is 0 Å². The fourth-order valence-corrected chi connectivity index (χ4v) is 2.58. The number of nitrogen functional groups attached to an aromatic ring is 1. The summed E-state index contributed by atoms with van der Waals surface area (Å²) in [6.07, 6.45) is 1.92. The Balaban J connectivity index is 2.05. The van der Waals surface area contributed by atoms with Crippen LogP contribution in [0.1, 0.15) is 18.5 Å². The molecule has 7 nitrogen and oxygen atoms in total. The minimum atomic E-state index is -0.0627. The minimum absolute atomic E-state index is 0.0627. The normalized spacial score (nSPS) is 20.5. The van der Waals surface area contributed by atoms with E-state index in [-0.39, 0.29) is 11.9 Å². The van der Waals surface area contributed by atoms with Crippen LogP contribution in [0.25, 0.3) is 0 Å². The molecule has 1 aliphatic heterocycles. The van der Waals surface area contributed by atoms with Gasteiger partial charge in [-0.2, -0.15) is 0 Å². The molecule has 0 saturated carbocycles. The van der Waals surface area contributed by atoms with E-state index in [2.05, 4.69) is 25.2 Å². The maximum atomic E-state index is 11.7. The van der Waals surface area contributed by atoms with Gasteiger partial charge in [-0.15, -0.1) is 5.10 Å². The molecule has 0 spiro atoms. The summed E-state index contributed by atoms with van der Waals surface area (Å²) >= 11 is 1.22. The molecular formula is C9H16N6OS. The molecule has 94 valence electrons. The van der Waals surface area contributed by atoms with E-state index in [1.54, 1.807) is 7.05 Å². The summed E-state index contributed by atoms with van der Waals surface area (Å²) < 4.78 is 3.85. The molecule has 0 aliphatic carbocycles. The highest BCUT2D eigenvalue weighted by atomic mass is 32.1. The largest absolute Gasteiger partial charge is 0.358 e. The van der Waals surface area contributed by atoms with E-state index in [4.69, 9.17) is 5.84 Å². The van der Waals surface area contributed by atoms with E-state index < -0.39 is 0 Å². The minimum Gasteiger partial charge on any atom is -0.358 e. The number of nitrogens with one attached hydrogen (secondary N) is 2. The second kappa shape index (κ2) is 5.39. The summed E-state index contributed by atoms with van der Waals surface area (Å²) in [4.78, 5) is 13.8. The Morgan fingerprint density at radius 3 is 3.24 bits per heavy atom. The number of aromatic nitrogens is 2. The van der Waals surface area contributed by atoms with Crippen molar-refractivity contribution < 1.29 is 4.79 Å². The first kappa shape index (κ1) is 12.2. The lowest BCUT2D eigenvalue weighted by molar-refractivity contribution is -0.125. The Labute approximate surface area is 104 Å². The van der Waals surface area contributed by atoms with Gasteiger partial charge in [-0.05, 0) is 19.4 Å². The van der Waals surface area contributed by atoms with Crippen molar-refractivity contribution >= 4 is 22.4 Å². The lowest BCUT2D eigenvalue weighted by Gasteiger charge is -2.22. The highest BCUT2D eigenvalue weighted by Crippen LogP contribution is 2.23. The van der Waals surface area contributed by atoms with Crippen LogP contribution < -0.4 is 16.6 Å². The number of rotatable bonds is 4. The van der Waals surface area contributed by atoms with Crippen LogP contribution in [0.4, 0.5) is 5.00 Å². The lowest BCUT2D eigenvalue weighted by Crippen LogP contribution is -2.41. The van der Waals surface area contributed by atoms with Crippen molar-refractivity contribution in [3.8, 4) is 0 Å². The zero-order chi connectivity index (χ0) is 12.3. The molecule has 1 unspecified atom stereocenters. The molecule has 1 aliphatic rings. The molecule has 0 aromatic carbocycles. The molecule has 4 N–H and O–H groups in total. The number of hydrogen-bond donors (Lipinski definition) is 3. The van der Waals surface area contributed by atoms with Crippen molar-refractivity contribution in [2.75, 3.05) is 19.0 Å². The lowest BCUT2D eigenvalue weighted by atomic mass is 10.2. The quantitative estimate of drug-likeness (QED) is 0.498. The predicted molar refractivity (Wildman–Crippen MR) is 65.2 cm³/mol. The van der Waals surface area contributed by atoms with Gasteiger partial charge in [0.1, 0.15) is 10.7 Å². The SMILES string of the molecule is CNC(=O)C1CCCN1Cc1nnsc1NN. The third kappa shape index (κ3) is 2.54. The number of hydrazine groups is 1. The van der Waals surface area contributed by atoms with Crippen molar-refractivity contribution in [2.24, 2.45) is 5.84 Å². The maximum Gasteiger partial charge on any atom is 0.237 e. The molecule has 0 radical (unpaired) electrons. The second-order valence-corrected chi connectivity index (χ2v) is 4.69. The Morgan fingerprint density at radius 1 is 1.71 bits per heavy atom. The Bertz CT molecular complexity index is 395. The second-order valence-electron chi connectivity index (χ2n) is 3.94. The van der Waals surface area contributed by atoms with Crippen LogP contribution in [0.2, 0.25) is 0 Å². The Hall–Kier alpha value is -1.25. The molecule has 1 amide bonds. The first-order chi connectivity index (χ1) is 8.26. The molecule has 2 rings (SSSR count). The molecule has 17 heavy (non-hydrogen) atoms. The van der Waals surface area contributed by atoms with Gasteiger partial charge >= 0.3 is 0 Å². The highest BCUT2D eigenvalue weighted by Gasteiger charge is 2.30. The molecule has 2 heterocycles. The number of likely N-dealkylation sites (tertiary alicyclic amines) is 1. The number of likely N-dealkylation sites (N-methyl/N-ethyl adjacent to an activating group) is 1. The van der Waals surface area contributed by atoms with E-state index in [9.17, 15) is 4.79 Å². The van der Waals surface area contributed by atoms with E-state index >= 15 is 0 Å². The molecule has 8 heteroatoms. The van der Waals surface area contributed by atoms with E-state index in [0.717, 1.165) is 30.1 Å². The zero-order valence-electron chi connectivity index (χ0n) is 9.64. The number of nitrogens with two attached hydrogens (primary N) is 1. The van der Waals surface area contributed by atoms with Gasteiger partial charge < -0.3 is 10.7 Å². The summed E-state index contributed by atoms with van der Waals surface area (Å²) in [5.74, 6) is 5.44. The molecule has 1 aromatic heterocycles. The summed E-state index contributed by atoms with van der Waals surface area (Å²) in [5, 5.41) is 7.47. The van der Waals surface area contributed by atoms with Gasteiger partial charge in [-0.25, -0.2) is 5.84 Å². The average Bonchev–Trinajstić information content (AvgIpc) is 2.97. The molecule has 1 saturated heterocycles. The van der Waals surface area contributed by atoms with Gasteiger partial charge in [-0.3, -0.25) is 9.69 Å². The third-order valence-corrected chi connectivity index (χ3v) is 3.65. The van der Waals surface area contributed by atoms with Crippen LogP contribution in [0, 0.1) is 0 Å². The summed E-state index contributed by atoms with van der Waals surface area (Å²) in [7, 11) is 1.66. The number of carbonyl (C=O) groups is 1. The van der Waals surface area contributed by atoms with Crippen LogP contribution in [0.3, 0.4) is 0 Å². The van der Waals surface area contributed by atoms with E-state index in [1.807, 2.05) is 0 Å². The van der Waals surface area contributed by atoms with Gasteiger partial charge in [0, 0.05) is 25.1 Å². The smallest absolute Gasteiger partial charge is 0.237 e.